The van der Waals surface area contributed by atoms with Gasteiger partial charge in [-0.05, 0) is 50.4 Å². The van der Waals surface area contributed by atoms with E-state index in [0.29, 0.717) is 17.9 Å². The second-order valence-corrected chi connectivity index (χ2v) is 8.71. The average Bonchev–Trinajstić information content (AvgIpc) is 3.18. The lowest BCUT2D eigenvalue weighted by atomic mass is 9.65. The molecule has 1 aromatic heterocycles. The van der Waals surface area contributed by atoms with Crippen molar-refractivity contribution in [1.82, 2.24) is 10.3 Å². The van der Waals surface area contributed by atoms with Crippen LogP contribution in [-0.2, 0) is 10.3 Å². The highest BCUT2D eigenvalue weighted by Crippen LogP contribution is 2.44. The van der Waals surface area contributed by atoms with E-state index < -0.39 is 0 Å². The van der Waals surface area contributed by atoms with Gasteiger partial charge >= 0.3 is 0 Å². The third kappa shape index (κ3) is 4.00. The molecule has 0 aromatic carbocycles. The molecular weight excluding hydrogens is 377 g/mol. The van der Waals surface area contributed by atoms with Gasteiger partial charge in [-0.2, -0.15) is 0 Å². The lowest BCUT2D eigenvalue weighted by Gasteiger charge is -2.44. The number of hydrogen-bond acceptors (Lipinski definition) is 4. The summed E-state index contributed by atoms with van der Waals surface area (Å²) in [4.78, 5) is 17.5. The third-order valence-corrected chi connectivity index (χ3v) is 7.42. The van der Waals surface area contributed by atoms with Crippen molar-refractivity contribution in [2.24, 2.45) is 23.5 Å². The van der Waals surface area contributed by atoms with Gasteiger partial charge in [0.25, 0.3) is 0 Å². The minimum absolute atomic E-state index is 0. The summed E-state index contributed by atoms with van der Waals surface area (Å²) < 4.78 is 0. The Bertz CT molecular complexity index is 549. The lowest BCUT2D eigenvalue weighted by Crippen LogP contribution is -2.52. The number of halogens is 2. The lowest BCUT2D eigenvalue weighted by molar-refractivity contribution is -0.130. The molecule has 0 radical (unpaired) electrons. The number of fused-ring (bicyclic) bond motifs is 2. The molecule has 4 nitrogen and oxygen atoms in total. The topological polar surface area (TPSA) is 68.0 Å². The summed E-state index contributed by atoms with van der Waals surface area (Å²) in [5.41, 5.74) is 6.18. The van der Waals surface area contributed by atoms with Gasteiger partial charge in [-0.3, -0.25) is 4.79 Å². The Kier molecular flexibility index (Phi) is 7.17. The van der Waals surface area contributed by atoms with Crippen LogP contribution in [0, 0.1) is 17.8 Å². The fourth-order valence-corrected chi connectivity index (χ4v) is 6.02. The zero-order valence-corrected chi connectivity index (χ0v) is 16.9. The van der Waals surface area contributed by atoms with E-state index in [-0.39, 0.29) is 42.2 Å². The second-order valence-electron chi connectivity index (χ2n) is 7.81. The molecule has 2 atom stereocenters. The molecule has 1 aromatic rings. The first-order valence-electron chi connectivity index (χ1n) is 9.15. The summed E-state index contributed by atoms with van der Waals surface area (Å²) in [6, 6.07) is 0.326. The van der Waals surface area contributed by atoms with Gasteiger partial charge in [-0.1, -0.05) is 19.3 Å². The molecule has 3 aliphatic carbocycles. The summed E-state index contributed by atoms with van der Waals surface area (Å²) in [6.45, 7) is 0. The normalized spacial score (nSPS) is 33.0. The molecule has 0 saturated heterocycles. The van der Waals surface area contributed by atoms with E-state index in [2.05, 4.69) is 10.3 Å². The number of amides is 1. The molecular formula is C18H29Cl2N3OS. The van der Waals surface area contributed by atoms with Crippen LogP contribution in [0.25, 0.3) is 0 Å². The Morgan fingerprint density at radius 3 is 2.36 bits per heavy atom. The maximum absolute atomic E-state index is 13.0. The SMILES string of the molecule is Cl.Cl.NC1C2CCCC1CC(C(=O)NC1(c3nccs3)CCCC1)C2. The van der Waals surface area contributed by atoms with E-state index in [1.165, 1.54) is 32.1 Å². The Hall–Kier alpha value is -0.360. The summed E-state index contributed by atoms with van der Waals surface area (Å²) in [7, 11) is 0. The smallest absolute Gasteiger partial charge is 0.223 e. The fraction of sp³-hybridized carbons (Fsp3) is 0.778. The Balaban J connectivity index is 0.00000113. The van der Waals surface area contributed by atoms with Crippen LogP contribution < -0.4 is 11.1 Å². The zero-order valence-electron chi connectivity index (χ0n) is 14.5. The Morgan fingerprint density at radius 2 is 1.80 bits per heavy atom. The number of carbonyl (C=O) groups excluding carboxylic acids is 1. The van der Waals surface area contributed by atoms with E-state index in [1.54, 1.807) is 11.3 Å². The van der Waals surface area contributed by atoms with Crippen molar-refractivity contribution < 1.29 is 4.79 Å². The minimum atomic E-state index is -0.195. The van der Waals surface area contributed by atoms with Gasteiger partial charge in [0, 0.05) is 23.5 Å². The van der Waals surface area contributed by atoms with Crippen LogP contribution in [0.3, 0.4) is 0 Å². The summed E-state index contributed by atoms with van der Waals surface area (Å²) in [5, 5.41) is 6.55. The van der Waals surface area contributed by atoms with Gasteiger partial charge in [-0.15, -0.1) is 36.2 Å². The molecule has 0 aliphatic heterocycles. The largest absolute Gasteiger partial charge is 0.344 e. The van der Waals surface area contributed by atoms with Crippen LogP contribution in [0.4, 0.5) is 0 Å². The van der Waals surface area contributed by atoms with Crippen LogP contribution in [0.15, 0.2) is 11.6 Å². The fourth-order valence-electron chi connectivity index (χ4n) is 5.17. The van der Waals surface area contributed by atoms with E-state index in [0.717, 1.165) is 30.7 Å². The Labute approximate surface area is 166 Å². The van der Waals surface area contributed by atoms with Crippen LogP contribution in [0.2, 0.25) is 0 Å². The number of thiazole rings is 1. The first kappa shape index (κ1) is 20.9. The van der Waals surface area contributed by atoms with Gasteiger partial charge in [-0.25, -0.2) is 4.98 Å². The van der Waals surface area contributed by atoms with Crippen LogP contribution >= 0.6 is 36.2 Å². The van der Waals surface area contributed by atoms with Crippen molar-refractivity contribution in [3.05, 3.63) is 16.6 Å². The molecule has 4 rings (SSSR count). The van der Waals surface area contributed by atoms with Crippen LogP contribution in [-0.4, -0.2) is 16.9 Å². The maximum atomic E-state index is 13.0. The first-order valence-corrected chi connectivity index (χ1v) is 10.0. The summed E-state index contributed by atoms with van der Waals surface area (Å²) in [5.74, 6) is 1.52. The van der Waals surface area contributed by atoms with Crippen molar-refractivity contribution >= 4 is 42.1 Å². The monoisotopic (exact) mass is 405 g/mol. The van der Waals surface area contributed by atoms with Crippen molar-refractivity contribution in [2.75, 3.05) is 0 Å². The molecule has 2 unspecified atom stereocenters. The van der Waals surface area contributed by atoms with Gasteiger partial charge in [0.2, 0.25) is 5.91 Å². The number of nitrogens with two attached hydrogens (primary N) is 1. The third-order valence-electron chi connectivity index (χ3n) is 6.45. The average molecular weight is 406 g/mol. The molecule has 3 aliphatic rings. The molecule has 2 bridgehead atoms. The van der Waals surface area contributed by atoms with Crippen molar-refractivity contribution in [3.8, 4) is 0 Å². The predicted molar refractivity (Wildman–Crippen MR) is 106 cm³/mol. The number of nitrogens with one attached hydrogen (secondary N) is 1. The number of hydrogen-bond donors (Lipinski definition) is 2. The van der Waals surface area contributed by atoms with E-state index >= 15 is 0 Å². The highest BCUT2D eigenvalue weighted by molar-refractivity contribution is 7.09. The molecule has 3 N–H and O–H groups in total. The molecule has 1 amide bonds. The molecule has 7 heteroatoms. The molecule has 3 saturated carbocycles. The minimum Gasteiger partial charge on any atom is -0.344 e. The molecule has 0 spiro atoms. The molecule has 1 heterocycles. The number of carbonyl (C=O) groups is 1. The van der Waals surface area contributed by atoms with E-state index in [1.807, 2.05) is 11.6 Å². The highest BCUT2D eigenvalue weighted by atomic mass is 35.5. The van der Waals surface area contributed by atoms with Crippen molar-refractivity contribution in [2.45, 2.75) is 69.4 Å². The maximum Gasteiger partial charge on any atom is 0.223 e. The van der Waals surface area contributed by atoms with Crippen molar-refractivity contribution in [3.63, 3.8) is 0 Å². The summed E-state index contributed by atoms with van der Waals surface area (Å²) in [6.07, 6.45) is 12.0. The van der Waals surface area contributed by atoms with Gasteiger partial charge in [0.15, 0.2) is 0 Å². The molecule has 142 valence electrons. The van der Waals surface area contributed by atoms with Crippen molar-refractivity contribution in [1.29, 1.82) is 0 Å². The Morgan fingerprint density at radius 1 is 1.16 bits per heavy atom. The number of nitrogens with zero attached hydrogens (tertiary/aromatic N) is 1. The number of aromatic nitrogens is 1. The predicted octanol–water partition coefficient (Wildman–Crippen LogP) is 4.03. The van der Waals surface area contributed by atoms with E-state index in [4.69, 9.17) is 5.73 Å². The van der Waals surface area contributed by atoms with Crippen LogP contribution in [0.1, 0.15) is 62.8 Å². The second kappa shape index (κ2) is 8.55. The van der Waals surface area contributed by atoms with Gasteiger partial charge in [0.1, 0.15) is 5.01 Å². The van der Waals surface area contributed by atoms with Crippen LogP contribution in [0.5, 0.6) is 0 Å². The van der Waals surface area contributed by atoms with E-state index in [9.17, 15) is 4.79 Å². The summed E-state index contributed by atoms with van der Waals surface area (Å²) >= 11 is 1.68. The van der Waals surface area contributed by atoms with Gasteiger partial charge < -0.3 is 11.1 Å². The standard InChI is InChI=1S/C18H27N3OS.2ClH/c19-15-12-4-3-5-13(15)11-14(10-12)16(22)21-18(6-1-2-7-18)17-20-8-9-23-17;;/h8-9,12-15H,1-7,10-11,19H2,(H,21,22);2*1H. The first-order chi connectivity index (χ1) is 11.2. The zero-order chi connectivity index (χ0) is 15.9. The molecule has 3 fully saturated rings. The quantitative estimate of drug-likeness (QED) is 0.797. The molecule has 25 heavy (non-hydrogen) atoms. The van der Waals surface area contributed by atoms with Gasteiger partial charge in [0.05, 0.1) is 5.54 Å². The highest BCUT2D eigenvalue weighted by Gasteiger charge is 2.44. The number of rotatable bonds is 3.